The predicted molar refractivity (Wildman–Crippen MR) is 174 cm³/mol. The summed E-state index contributed by atoms with van der Waals surface area (Å²) in [5.41, 5.74) is 5.24. The third kappa shape index (κ3) is 5.21. The number of hydrogen-bond acceptors (Lipinski definition) is 10. The third-order valence-corrected chi connectivity index (χ3v) is 11.8. The number of nitrogen functional groups attached to an aromatic ring is 1. The predicted octanol–water partition coefficient (Wildman–Crippen LogP) is 7.07. The second kappa shape index (κ2) is 12.3. The van der Waals surface area contributed by atoms with Crippen molar-refractivity contribution in [3.63, 3.8) is 0 Å². The number of anilines is 2. The van der Waals surface area contributed by atoms with E-state index >= 15 is 4.39 Å². The number of halogens is 6. The molecule has 3 saturated heterocycles. The highest BCUT2D eigenvalue weighted by Gasteiger charge is 2.49. The van der Waals surface area contributed by atoms with Crippen LogP contribution in [0.2, 0.25) is 5.02 Å². The van der Waals surface area contributed by atoms with Crippen LogP contribution in [0.1, 0.15) is 37.7 Å². The number of thiophene rings is 1. The Morgan fingerprint density at radius 3 is 2.84 bits per heavy atom. The molecule has 258 valence electrons. The molecule has 6 heterocycles. The van der Waals surface area contributed by atoms with Crippen molar-refractivity contribution in [2.24, 2.45) is 5.92 Å². The number of fused-ring (bicyclic) bond motifs is 4. The van der Waals surface area contributed by atoms with Crippen molar-refractivity contribution in [2.45, 2.75) is 56.5 Å². The molecule has 4 aliphatic rings. The van der Waals surface area contributed by atoms with Crippen LogP contribution in [0.5, 0.6) is 11.8 Å². The van der Waals surface area contributed by atoms with Crippen LogP contribution >= 0.6 is 22.9 Å². The SMILES string of the molecule is N#Cc1c(N)sc2c(F)ccc(-c3c(Cl)c4c5c(nc(OCC67CCCN6C[C@H](F)C7)nc5c3F)N3CCCC(COC(F)F)C3CO4)c12. The number of aromatic nitrogens is 2. The Balaban J connectivity index is 1.32. The first-order valence-corrected chi connectivity index (χ1v) is 17.2. The molecular weight excluding hydrogens is 691 g/mol. The van der Waals surface area contributed by atoms with Crippen molar-refractivity contribution < 1.29 is 36.2 Å². The lowest BCUT2D eigenvalue weighted by atomic mass is 9.90. The van der Waals surface area contributed by atoms with Gasteiger partial charge in [-0.25, -0.2) is 13.2 Å². The van der Waals surface area contributed by atoms with Gasteiger partial charge in [-0.15, -0.1) is 11.3 Å². The second-order valence-electron chi connectivity index (χ2n) is 13.1. The Labute approximate surface area is 286 Å². The van der Waals surface area contributed by atoms with Crippen molar-refractivity contribution in [3.8, 4) is 29.0 Å². The molecule has 16 heteroatoms. The average molecular weight is 721 g/mol. The summed E-state index contributed by atoms with van der Waals surface area (Å²) in [5, 5.41) is 10.1. The number of ether oxygens (including phenoxy) is 3. The van der Waals surface area contributed by atoms with Gasteiger partial charge in [-0.3, -0.25) is 4.90 Å². The Bertz CT molecular complexity index is 2030. The molecule has 3 unspecified atom stereocenters. The highest BCUT2D eigenvalue weighted by atomic mass is 35.5. The van der Waals surface area contributed by atoms with Gasteiger partial charge in [0.2, 0.25) is 0 Å². The Hall–Kier alpha value is -3.71. The zero-order chi connectivity index (χ0) is 34.2. The van der Waals surface area contributed by atoms with E-state index in [1.54, 1.807) is 0 Å². The molecule has 4 aromatic rings. The van der Waals surface area contributed by atoms with E-state index in [1.165, 1.54) is 6.07 Å². The summed E-state index contributed by atoms with van der Waals surface area (Å²) in [5.74, 6) is -1.61. The topological polar surface area (TPSA) is 110 Å². The molecule has 0 amide bonds. The standard InChI is InChI=1S/C33H30ClF5N6O3S/c34-24-22(17-4-5-19(36)28-21(17)18(10-40)29(41)49-28)25(37)26-23-27(24)46-13-20-15(12-47-31(38)39)3-1-8-45(20)30(23)43-32(42-26)48-14-33-6-2-7-44(33)11-16(35)9-33/h4-5,15-16,20,31H,1-3,6-9,11-14,41H2/t15?,16-,20?,33?/m1/s1. The molecule has 3 fully saturated rings. The maximum Gasteiger partial charge on any atom is 0.345 e. The monoisotopic (exact) mass is 720 g/mol. The molecular formula is C33H30ClF5N6O3S. The van der Waals surface area contributed by atoms with Gasteiger partial charge in [0.05, 0.1) is 38.9 Å². The molecule has 0 spiro atoms. The Morgan fingerprint density at radius 2 is 2.04 bits per heavy atom. The lowest BCUT2D eigenvalue weighted by molar-refractivity contribution is -0.141. The fraction of sp³-hybridized carbons (Fsp3) is 0.485. The smallest absolute Gasteiger partial charge is 0.345 e. The van der Waals surface area contributed by atoms with Crippen molar-refractivity contribution in [1.29, 1.82) is 5.26 Å². The van der Waals surface area contributed by atoms with Gasteiger partial charge in [-0.05, 0) is 43.9 Å². The van der Waals surface area contributed by atoms with E-state index in [9.17, 15) is 22.8 Å². The van der Waals surface area contributed by atoms with Crippen molar-refractivity contribution in [2.75, 3.05) is 50.1 Å². The highest BCUT2D eigenvalue weighted by Crippen LogP contribution is 2.52. The fourth-order valence-corrected chi connectivity index (χ4v) is 9.50. The van der Waals surface area contributed by atoms with E-state index in [0.29, 0.717) is 32.4 Å². The van der Waals surface area contributed by atoms with Crippen molar-refractivity contribution in [1.82, 2.24) is 14.9 Å². The first-order chi connectivity index (χ1) is 23.6. The molecule has 4 aliphatic heterocycles. The quantitative estimate of drug-likeness (QED) is 0.201. The van der Waals surface area contributed by atoms with E-state index in [4.69, 9.17) is 36.5 Å². The molecule has 0 radical (unpaired) electrons. The summed E-state index contributed by atoms with van der Waals surface area (Å²) in [6, 6.07) is 3.81. The minimum absolute atomic E-state index is 0.0205. The number of benzene rings is 2. The van der Waals surface area contributed by atoms with Gasteiger partial charge < -0.3 is 24.8 Å². The zero-order valence-corrected chi connectivity index (χ0v) is 27.5. The summed E-state index contributed by atoms with van der Waals surface area (Å²) in [7, 11) is 0. The van der Waals surface area contributed by atoms with E-state index in [2.05, 4.69) is 9.88 Å². The van der Waals surface area contributed by atoms with Crippen molar-refractivity contribution >= 4 is 54.7 Å². The number of nitrogens with zero attached hydrogens (tertiary/aromatic N) is 5. The van der Waals surface area contributed by atoms with Gasteiger partial charge >= 0.3 is 12.6 Å². The number of alkyl halides is 3. The first-order valence-electron chi connectivity index (χ1n) is 16.0. The van der Waals surface area contributed by atoms with Crippen LogP contribution in [0, 0.1) is 28.9 Å². The lowest BCUT2D eigenvalue weighted by Crippen LogP contribution is -2.50. The normalized spacial score (nSPS) is 25.0. The molecule has 8 rings (SSSR count). The molecule has 2 aromatic carbocycles. The number of nitriles is 1. The minimum atomic E-state index is -2.96. The molecule has 0 bridgehead atoms. The number of rotatable bonds is 7. The third-order valence-electron chi connectivity index (χ3n) is 10.4. The summed E-state index contributed by atoms with van der Waals surface area (Å²) in [6.07, 6.45) is 2.10. The first kappa shape index (κ1) is 32.5. The number of piperidine rings is 1. The average Bonchev–Trinajstić information content (AvgIpc) is 3.68. The number of hydrogen-bond donors (Lipinski definition) is 1. The maximum atomic E-state index is 17.2. The second-order valence-corrected chi connectivity index (χ2v) is 14.5. The largest absolute Gasteiger partial charge is 0.489 e. The molecule has 4 atom stereocenters. The zero-order valence-electron chi connectivity index (χ0n) is 26.0. The molecule has 9 nitrogen and oxygen atoms in total. The molecule has 2 aromatic heterocycles. The fourth-order valence-electron chi connectivity index (χ4n) is 8.22. The summed E-state index contributed by atoms with van der Waals surface area (Å²) < 4.78 is 90.3. The van der Waals surface area contributed by atoms with Gasteiger partial charge in [0.15, 0.2) is 11.6 Å². The van der Waals surface area contributed by atoms with E-state index in [0.717, 1.165) is 36.8 Å². The van der Waals surface area contributed by atoms with Crippen LogP contribution in [-0.2, 0) is 4.74 Å². The van der Waals surface area contributed by atoms with Crippen molar-refractivity contribution in [3.05, 3.63) is 34.4 Å². The summed E-state index contributed by atoms with van der Waals surface area (Å²) in [6.45, 7) is -1.63. The van der Waals surface area contributed by atoms with Gasteiger partial charge in [0, 0.05) is 36.4 Å². The molecule has 0 saturated carbocycles. The van der Waals surface area contributed by atoms with E-state index in [-0.39, 0.29) is 91.0 Å². The van der Waals surface area contributed by atoms with Gasteiger partial charge in [-0.2, -0.15) is 24.0 Å². The van der Waals surface area contributed by atoms with Crippen LogP contribution < -0.4 is 20.1 Å². The lowest BCUT2D eigenvalue weighted by Gasteiger charge is -2.40. The minimum Gasteiger partial charge on any atom is -0.489 e. The van der Waals surface area contributed by atoms with E-state index < -0.39 is 36.0 Å². The Kier molecular flexibility index (Phi) is 8.13. The summed E-state index contributed by atoms with van der Waals surface area (Å²) in [4.78, 5) is 13.2. The van der Waals surface area contributed by atoms with Crippen LogP contribution in [0.25, 0.3) is 32.1 Å². The van der Waals surface area contributed by atoms with E-state index in [1.807, 2.05) is 11.0 Å². The number of nitrogens with two attached hydrogens (primary N) is 1. The molecule has 2 N–H and O–H groups in total. The van der Waals surface area contributed by atoms with Crippen LogP contribution in [0.3, 0.4) is 0 Å². The van der Waals surface area contributed by atoms with Crippen LogP contribution in [0.4, 0.5) is 32.8 Å². The Morgan fingerprint density at radius 1 is 1.20 bits per heavy atom. The maximum absolute atomic E-state index is 17.2. The van der Waals surface area contributed by atoms with Gasteiger partial charge in [-0.1, -0.05) is 17.7 Å². The van der Waals surface area contributed by atoms with Gasteiger partial charge in [0.1, 0.15) is 47.6 Å². The molecule has 49 heavy (non-hydrogen) atoms. The van der Waals surface area contributed by atoms with Gasteiger partial charge in [0.25, 0.3) is 0 Å². The van der Waals surface area contributed by atoms with Crippen LogP contribution in [0.15, 0.2) is 12.1 Å². The molecule has 0 aliphatic carbocycles. The highest BCUT2D eigenvalue weighted by molar-refractivity contribution is 7.23. The van der Waals surface area contributed by atoms with Crippen LogP contribution in [-0.4, -0.2) is 78.7 Å². The summed E-state index contributed by atoms with van der Waals surface area (Å²) >= 11 is 7.87.